The van der Waals surface area contributed by atoms with Gasteiger partial charge in [-0.3, -0.25) is 9.59 Å². The molecule has 0 spiro atoms. The van der Waals surface area contributed by atoms with E-state index in [4.69, 9.17) is 10.5 Å². The Kier molecular flexibility index (Phi) is 13.0. The van der Waals surface area contributed by atoms with E-state index in [9.17, 15) is 20.1 Å². The van der Waals surface area contributed by atoms with E-state index in [2.05, 4.69) is 70.9 Å². The zero-order chi connectivity index (χ0) is 47.4. The molecule has 66 heavy (non-hydrogen) atoms. The molecule has 12 nitrogen and oxygen atoms in total. The highest BCUT2D eigenvalue weighted by Crippen LogP contribution is 2.64. The summed E-state index contributed by atoms with van der Waals surface area (Å²) in [4.78, 5) is 32.1. The highest BCUT2D eigenvalue weighted by atomic mass is 16.1. The molecule has 2 heterocycles. The molecule has 2 aromatic heterocycles. The van der Waals surface area contributed by atoms with Crippen LogP contribution in [-0.2, 0) is 27.0 Å². The molecule has 332 valence electrons. The Morgan fingerprint density at radius 2 is 1.36 bits per heavy atom. The van der Waals surface area contributed by atoms with Gasteiger partial charge in [0.1, 0.15) is 37.1 Å². The molecule has 0 aliphatic heterocycles. The SMILES string of the molecule is C=C1C[C@@H]2[C@H](CC[C@]3(C)C(=O)CC[C@@H]23)[C@@]2(C)C=CC(=O)C=C12.CC(C)(C#N)c1cc(Cn2cncn2)cc(C(C)(C)C#N)c1.N#Cc1ccc(C(c2ccc(C#N)cc2)n2cncn2)cc1. The number of hydrogen-bond acceptors (Lipinski definition) is 10. The third kappa shape index (κ3) is 9.19. The number of nitriles is 4. The van der Waals surface area contributed by atoms with Gasteiger partial charge < -0.3 is 0 Å². The molecule has 5 atom stereocenters. The number of nitrogens with zero attached hydrogens (tertiary/aromatic N) is 10. The third-order valence-corrected chi connectivity index (χ3v) is 14.5. The molecule has 0 saturated heterocycles. The van der Waals surface area contributed by atoms with Crippen LogP contribution in [0.2, 0.25) is 0 Å². The topological polar surface area (TPSA) is 191 Å². The predicted molar refractivity (Wildman–Crippen MR) is 249 cm³/mol. The molecule has 4 aliphatic rings. The molecule has 12 heteroatoms. The number of ketones is 2. The molecular weight excluding hydrogens is 821 g/mol. The summed E-state index contributed by atoms with van der Waals surface area (Å²) in [5.41, 5.74) is 6.90. The highest BCUT2D eigenvalue weighted by molar-refractivity contribution is 6.02. The molecule has 3 fully saturated rings. The average molecular weight is 875 g/mol. The van der Waals surface area contributed by atoms with Crippen molar-refractivity contribution < 1.29 is 9.59 Å². The summed E-state index contributed by atoms with van der Waals surface area (Å²) in [5, 5.41) is 45.0. The van der Waals surface area contributed by atoms with E-state index in [1.807, 2.05) is 70.2 Å². The zero-order valence-electron chi connectivity index (χ0n) is 38.4. The quantitative estimate of drug-likeness (QED) is 0.152. The van der Waals surface area contributed by atoms with Gasteiger partial charge in [0.25, 0.3) is 0 Å². The van der Waals surface area contributed by atoms with Crippen molar-refractivity contribution in [2.75, 3.05) is 0 Å². The molecule has 9 rings (SSSR count). The van der Waals surface area contributed by atoms with Gasteiger partial charge in [-0.2, -0.15) is 31.2 Å². The Morgan fingerprint density at radius 3 is 1.88 bits per heavy atom. The first-order valence-electron chi connectivity index (χ1n) is 22.3. The van der Waals surface area contributed by atoms with Crippen LogP contribution in [0.5, 0.6) is 0 Å². The number of aromatic nitrogens is 6. The molecule has 0 amide bonds. The Balaban J connectivity index is 0.000000147. The van der Waals surface area contributed by atoms with Gasteiger partial charge in [-0.1, -0.05) is 74.5 Å². The fourth-order valence-electron chi connectivity index (χ4n) is 10.4. The summed E-state index contributed by atoms with van der Waals surface area (Å²) < 4.78 is 3.48. The number of fused-ring (bicyclic) bond motifs is 5. The number of allylic oxidation sites excluding steroid dienone is 5. The molecule has 0 bridgehead atoms. The van der Waals surface area contributed by atoms with Gasteiger partial charge in [-0.25, -0.2) is 19.3 Å². The van der Waals surface area contributed by atoms with E-state index in [-0.39, 0.29) is 22.7 Å². The van der Waals surface area contributed by atoms with Crippen molar-refractivity contribution in [2.45, 2.75) is 97.1 Å². The van der Waals surface area contributed by atoms with Gasteiger partial charge in [0.15, 0.2) is 5.78 Å². The van der Waals surface area contributed by atoms with Crippen LogP contribution in [0.25, 0.3) is 0 Å². The lowest BCUT2D eigenvalue weighted by atomic mass is 9.48. The van der Waals surface area contributed by atoms with E-state index < -0.39 is 10.8 Å². The van der Waals surface area contributed by atoms with Gasteiger partial charge in [-0.05, 0) is 141 Å². The van der Waals surface area contributed by atoms with Crippen LogP contribution >= 0.6 is 0 Å². The first-order chi connectivity index (χ1) is 31.5. The van der Waals surface area contributed by atoms with E-state index in [1.54, 1.807) is 58.4 Å². The van der Waals surface area contributed by atoms with Crippen molar-refractivity contribution in [2.24, 2.45) is 28.6 Å². The molecular formula is C54H54N10O2. The highest BCUT2D eigenvalue weighted by Gasteiger charge is 2.59. The Bertz CT molecular complexity index is 2760. The fraction of sp³-hybridized carbons (Fsp3) is 0.370. The van der Waals surface area contributed by atoms with Crippen molar-refractivity contribution in [3.63, 3.8) is 0 Å². The van der Waals surface area contributed by atoms with E-state index in [1.165, 1.54) is 12.7 Å². The Morgan fingerprint density at radius 1 is 0.788 bits per heavy atom. The molecule has 3 saturated carbocycles. The van der Waals surface area contributed by atoms with Crippen molar-refractivity contribution >= 4 is 11.6 Å². The fourth-order valence-corrected chi connectivity index (χ4v) is 10.4. The van der Waals surface area contributed by atoms with Crippen molar-refractivity contribution in [1.82, 2.24) is 29.5 Å². The predicted octanol–water partition coefficient (Wildman–Crippen LogP) is 9.62. The number of hydrogen-bond donors (Lipinski definition) is 0. The summed E-state index contributed by atoms with van der Waals surface area (Å²) >= 11 is 0. The van der Waals surface area contributed by atoms with Crippen LogP contribution < -0.4 is 0 Å². The average Bonchev–Trinajstić information content (AvgIpc) is 4.11. The van der Waals surface area contributed by atoms with E-state index >= 15 is 0 Å². The summed E-state index contributed by atoms with van der Waals surface area (Å²) in [6, 6.07) is 29.4. The van der Waals surface area contributed by atoms with Crippen LogP contribution in [0.1, 0.15) is 119 Å². The first-order valence-corrected chi connectivity index (χ1v) is 22.3. The maximum Gasteiger partial charge on any atom is 0.178 e. The van der Waals surface area contributed by atoms with Gasteiger partial charge in [0, 0.05) is 17.3 Å². The number of carbonyl (C=O) groups is 2. The van der Waals surface area contributed by atoms with Crippen LogP contribution in [0, 0.1) is 73.9 Å². The van der Waals surface area contributed by atoms with Gasteiger partial charge in [-0.15, -0.1) is 0 Å². The lowest BCUT2D eigenvalue weighted by molar-refractivity contribution is -0.131. The zero-order valence-corrected chi connectivity index (χ0v) is 38.4. The number of carbonyl (C=O) groups excluding carboxylic acids is 2. The minimum absolute atomic E-state index is 0.0686. The third-order valence-electron chi connectivity index (χ3n) is 14.5. The molecule has 5 aromatic rings. The van der Waals surface area contributed by atoms with Crippen LogP contribution in [0.4, 0.5) is 0 Å². The lowest BCUT2D eigenvalue weighted by Crippen LogP contribution is -2.50. The summed E-state index contributed by atoms with van der Waals surface area (Å²) in [7, 11) is 0. The number of Topliss-reactive ketones (excluding diaryl/α,β-unsaturated/α-hetero) is 1. The molecule has 3 aromatic carbocycles. The maximum absolute atomic E-state index is 12.4. The molecule has 0 N–H and O–H groups in total. The van der Waals surface area contributed by atoms with E-state index in [0.717, 1.165) is 71.1 Å². The van der Waals surface area contributed by atoms with E-state index in [0.29, 0.717) is 41.2 Å². The maximum atomic E-state index is 12.4. The van der Waals surface area contributed by atoms with Crippen LogP contribution in [0.3, 0.4) is 0 Å². The second-order valence-corrected chi connectivity index (χ2v) is 19.4. The van der Waals surface area contributed by atoms with Crippen LogP contribution in [-0.4, -0.2) is 41.1 Å². The summed E-state index contributed by atoms with van der Waals surface area (Å²) in [5.74, 6) is 2.14. The number of rotatable bonds is 7. The Hall–Kier alpha value is -7.54. The monoisotopic (exact) mass is 874 g/mol. The molecule has 0 unspecified atom stereocenters. The van der Waals surface area contributed by atoms with Gasteiger partial charge in [0.05, 0.1) is 52.8 Å². The lowest BCUT2D eigenvalue weighted by Gasteiger charge is -2.56. The standard InChI is InChI=1S/C20H24O2.C17H11N5.C17H19N5/c1-12-10-14-15-4-5-18(22)20(15,3)9-7-16(14)19(2)8-6-13(21)11-17(12)19;18-9-13-1-5-15(6-2-13)17(22-12-20-11-21-22)16-7-3-14(10-19)4-8-16;1-16(2,9-18)14-5-13(8-22-12-20-11-21-22)6-15(7-14)17(3,4)10-19/h6,8,11,14-16H,1,4-5,7,9-10H2,2-3H3;1-8,11-12,17H;5-7,11-12H,8H2,1-4H3/t14-,15-,16-,19+,20-;;/m0../s1. The smallest absolute Gasteiger partial charge is 0.178 e. The second kappa shape index (κ2) is 18.5. The second-order valence-electron chi connectivity index (χ2n) is 19.4. The molecule has 0 radical (unpaired) electrons. The minimum atomic E-state index is -0.612. The first kappa shape index (κ1) is 46.5. The summed E-state index contributed by atoms with van der Waals surface area (Å²) in [6.07, 6.45) is 16.8. The van der Waals surface area contributed by atoms with Gasteiger partial charge >= 0.3 is 0 Å². The van der Waals surface area contributed by atoms with Gasteiger partial charge in [0.2, 0.25) is 0 Å². The van der Waals surface area contributed by atoms with Crippen molar-refractivity contribution in [3.8, 4) is 24.3 Å². The molecule has 4 aliphatic carbocycles. The van der Waals surface area contributed by atoms with Crippen molar-refractivity contribution in [3.05, 3.63) is 167 Å². The van der Waals surface area contributed by atoms with Crippen molar-refractivity contribution in [1.29, 1.82) is 21.0 Å². The largest absolute Gasteiger partial charge is 0.299 e. The normalized spacial score (nSPS) is 22.9. The van der Waals surface area contributed by atoms with Crippen LogP contribution in [0.15, 0.2) is 128 Å². The Labute approximate surface area is 387 Å². The number of benzene rings is 3. The summed E-state index contributed by atoms with van der Waals surface area (Å²) in [6.45, 7) is 16.8. The minimum Gasteiger partial charge on any atom is -0.299 e.